The Labute approximate surface area is 232 Å². The standard InChI is InChI=1S/C30H32ClFN6O/c1-36(2)19-14-38(15-19)30-34-28-23(29(35-30)37-12-17-7-8-18(13-37)27(17)33)11-24(31)25(26(28)32)22-10-20(39)9-16-5-3-4-6-21(16)22/h3-6,9-11,17-19,27,39H,7-8,12-15,33H2,1-2H3/t17-,18?,27-/m1/s1. The lowest BCUT2D eigenvalue weighted by Crippen LogP contribution is -2.58. The van der Waals surface area contributed by atoms with Crippen molar-refractivity contribution < 1.29 is 9.50 Å². The number of anilines is 2. The number of rotatable bonds is 4. The van der Waals surface area contributed by atoms with Gasteiger partial charge in [-0.05, 0) is 73.3 Å². The SMILES string of the molecule is CN(C)C1CN(c2nc(N3CC4CC[C@H](C3)[C@H]4N)c3cc(Cl)c(-c4cc(O)cc5ccccc45)c(F)c3n2)C1. The van der Waals surface area contributed by atoms with Crippen LogP contribution in [0.2, 0.25) is 5.02 Å². The molecule has 39 heavy (non-hydrogen) atoms. The third kappa shape index (κ3) is 4.00. The van der Waals surface area contributed by atoms with E-state index >= 15 is 4.39 Å². The molecule has 3 heterocycles. The molecule has 3 aliphatic rings. The van der Waals surface area contributed by atoms with Gasteiger partial charge in [-0.25, -0.2) is 9.37 Å². The fourth-order valence-corrected chi connectivity index (χ4v) is 6.98. The van der Waals surface area contributed by atoms with E-state index in [0.29, 0.717) is 34.8 Å². The quantitative estimate of drug-likeness (QED) is 0.378. The van der Waals surface area contributed by atoms with Crippen molar-refractivity contribution in [3.05, 3.63) is 53.3 Å². The number of aromatic nitrogens is 2. The summed E-state index contributed by atoms with van der Waals surface area (Å²) in [4.78, 5) is 16.4. The van der Waals surface area contributed by atoms with Gasteiger partial charge in [0.05, 0.1) is 5.02 Å². The number of nitrogens with two attached hydrogens (primary N) is 1. The van der Waals surface area contributed by atoms with Crippen LogP contribution >= 0.6 is 11.6 Å². The molecule has 7 nitrogen and oxygen atoms in total. The number of likely N-dealkylation sites (N-methyl/N-ethyl adjacent to an activating group) is 1. The molecule has 7 rings (SSSR count). The first kappa shape index (κ1) is 24.8. The lowest BCUT2D eigenvalue weighted by Gasteiger charge is -2.43. The summed E-state index contributed by atoms with van der Waals surface area (Å²) < 4.78 is 16.7. The van der Waals surface area contributed by atoms with Gasteiger partial charge in [0.2, 0.25) is 5.95 Å². The fourth-order valence-electron chi connectivity index (χ4n) is 6.68. The molecule has 3 aromatic carbocycles. The number of benzene rings is 3. The molecule has 0 radical (unpaired) electrons. The van der Waals surface area contributed by atoms with Crippen LogP contribution in [-0.4, -0.2) is 72.3 Å². The predicted molar refractivity (Wildman–Crippen MR) is 155 cm³/mol. The molecule has 2 bridgehead atoms. The fraction of sp³-hybridized carbons (Fsp3) is 0.400. The van der Waals surface area contributed by atoms with E-state index in [0.717, 1.165) is 55.6 Å². The maximum absolute atomic E-state index is 16.7. The average molecular weight is 547 g/mol. The molecular formula is C30H32ClFN6O. The van der Waals surface area contributed by atoms with Crippen LogP contribution in [0.5, 0.6) is 5.75 Å². The summed E-state index contributed by atoms with van der Waals surface area (Å²) in [5, 5.41) is 13.0. The van der Waals surface area contributed by atoms with Gasteiger partial charge in [-0.3, -0.25) is 0 Å². The van der Waals surface area contributed by atoms with Crippen molar-refractivity contribution in [2.75, 3.05) is 50.1 Å². The Morgan fingerprint density at radius 1 is 0.974 bits per heavy atom. The van der Waals surface area contributed by atoms with Crippen molar-refractivity contribution in [1.29, 1.82) is 0 Å². The summed E-state index contributed by atoms with van der Waals surface area (Å²) in [5.41, 5.74) is 7.53. The van der Waals surface area contributed by atoms with Crippen molar-refractivity contribution >= 4 is 45.0 Å². The van der Waals surface area contributed by atoms with Crippen LogP contribution in [0.25, 0.3) is 32.8 Å². The van der Waals surface area contributed by atoms with E-state index < -0.39 is 5.82 Å². The lowest BCUT2D eigenvalue weighted by atomic mass is 9.92. The van der Waals surface area contributed by atoms with Crippen LogP contribution in [0.4, 0.5) is 16.2 Å². The van der Waals surface area contributed by atoms with E-state index in [9.17, 15) is 5.11 Å². The molecule has 1 saturated carbocycles. The molecule has 3 atom stereocenters. The maximum atomic E-state index is 16.7. The zero-order chi connectivity index (χ0) is 27.0. The van der Waals surface area contributed by atoms with Gasteiger partial charge in [-0.1, -0.05) is 35.9 Å². The topological polar surface area (TPSA) is 81.8 Å². The molecule has 2 aliphatic heterocycles. The summed E-state index contributed by atoms with van der Waals surface area (Å²) in [7, 11) is 4.13. The van der Waals surface area contributed by atoms with Gasteiger partial charge >= 0.3 is 0 Å². The minimum Gasteiger partial charge on any atom is -0.508 e. The summed E-state index contributed by atoms with van der Waals surface area (Å²) in [6.45, 7) is 3.16. The Balaban J connectivity index is 1.42. The van der Waals surface area contributed by atoms with Gasteiger partial charge in [0.25, 0.3) is 0 Å². The highest BCUT2D eigenvalue weighted by molar-refractivity contribution is 6.35. The first-order valence-electron chi connectivity index (χ1n) is 13.6. The molecule has 0 amide bonds. The van der Waals surface area contributed by atoms with Crippen LogP contribution in [0, 0.1) is 17.7 Å². The second-order valence-corrected chi connectivity index (χ2v) is 12.0. The maximum Gasteiger partial charge on any atom is 0.228 e. The number of piperidine rings is 1. The van der Waals surface area contributed by atoms with Crippen LogP contribution in [-0.2, 0) is 0 Å². The molecule has 3 N–H and O–H groups in total. The summed E-state index contributed by atoms with van der Waals surface area (Å²) in [5.74, 6) is 1.61. The van der Waals surface area contributed by atoms with Crippen molar-refractivity contribution in [2.45, 2.75) is 24.9 Å². The molecule has 2 saturated heterocycles. The van der Waals surface area contributed by atoms with Gasteiger partial charge in [-0.15, -0.1) is 0 Å². The van der Waals surface area contributed by atoms with Gasteiger partial charge in [-0.2, -0.15) is 4.98 Å². The molecule has 4 aromatic rings. The lowest BCUT2D eigenvalue weighted by molar-refractivity contribution is 0.245. The summed E-state index contributed by atoms with van der Waals surface area (Å²) in [6, 6.07) is 13.2. The van der Waals surface area contributed by atoms with Crippen LogP contribution in [0.15, 0.2) is 42.5 Å². The second-order valence-electron chi connectivity index (χ2n) is 11.6. The molecule has 0 spiro atoms. The number of nitrogens with zero attached hydrogens (tertiary/aromatic N) is 5. The molecule has 3 fully saturated rings. The summed E-state index contributed by atoms with van der Waals surface area (Å²) in [6.07, 6.45) is 2.22. The van der Waals surface area contributed by atoms with E-state index in [2.05, 4.69) is 28.8 Å². The number of halogens is 2. The Bertz CT molecular complexity index is 1590. The van der Waals surface area contributed by atoms with Gasteiger partial charge in [0.15, 0.2) is 5.82 Å². The predicted octanol–water partition coefficient (Wildman–Crippen LogP) is 4.87. The largest absolute Gasteiger partial charge is 0.508 e. The molecule has 1 unspecified atom stereocenters. The smallest absolute Gasteiger partial charge is 0.228 e. The Morgan fingerprint density at radius 2 is 1.69 bits per heavy atom. The molecule has 1 aromatic heterocycles. The first-order chi connectivity index (χ1) is 18.8. The average Bonchev–Trinajstić information content (AvgIpc) is 3.07. The van der Waals surface area contributed by atoms with Gasteiger partial charge in [0.1, 0.15) is 17.1 Å². The van der Waals surface area contributed by atoms with Crippen LogP contribution in [0.3, 0.4) is 0 Å². The monoisotopic (exact) mass is 546 g/mol. The molecule has 202 valence electrons. The second kappa shape index (κ2) is 9.18. The highest BCUT2D eigenvalue weighted by atomic mass is 35.5. The van der Waals surface area contributed by atoms with E-state index in [4.69, 9.17) is 27.3 Å². The van der Waals surface area contributed by atoms with Crippen LogP contribution in [0.1, 0.15) is 12.8 Å². The number of hydrogen-bond acceptors (Lipinski definition) is 7. The number of phenolic OH excluding ortho intramolecular Hbond substituents is 1. The Morgan fingerprint density at radius 3 is 2.41 bits per heavy atom. The third-order valence-corrected chi connectivity index (χ3v) is 9.35. The minimum absolute atomic E-state index is 0.0544. The number of fused-ring (bicyclic) bond motifs is 4. The van der Waals surface area contributed by atoms with E-state index in [-0.39, 0.29) is 27.9 Å². The van der Waals surface area contributed by atoms with Crippen molar-refractivity contribution in [1.82, 2.24) is 14.9 Å². The zero-order valence-corrected chi connectivity index (χ0v) is 22.9. The molecular weight excluding hydrogens is 515 g/mol. The first-order valence-corrected chi connectivity index (χ1v) is 14.0. The normalized spacial score (nSPS) is 23.3. The van der Waals surface area contributed by atoms with E-state index in [1.807, 2.05) is 24.3 Å². The van der Waals surface area contributed by atoms with E-state index in [1.54, 1.807) is 18.2 Å². The third-order valence-electron chi connectivity index (χ3n) is 9.05. The number of aromatic hydroxyl groups is 1. The molecule has 1 aliphatic carbocycles. The van der Waals surface area contributed by atoms with Crippen LogP contribution < -0.4 is 15.5 Å². The van der Waals surface area contributed by atoms with Gasteiger partial charge in [0, 0.05) is 49.2 Å². The molecule has 9 heteroatoms. The highest BCUT2D eigenvalue weighted by Crippen LogP contribution is 2.44. The summed E-state index contributed by atoms with van der Waals surface area (Å²) >= 11 is 6.86. The number of hydrogen-bond donors (Lipinski definition) is 2. The highest BCUT2D eigenvalue weighted by Gasteiger charge is 2.41. The number of phenols is 1. The van der Waals surface area contributed by atoms with Gasteiger partial charge < -0.3 is 25.5 Å². The Kier molecular flexibility index (Phi) is 5.84. The minimum atomic E-state index is -0.500. The van der Waals surface area contributed by atoms with Crippen molar-refractivity contribution in [2.24, 2.45) is 17.6 Å². The zero-order valence-electron chi connectivity index (χ0n) is 22.1. The van der Waals surface area contributed by atoms with Crippen molar-refractivity contribution in [3.63, 3.8) is 0 Å². The van der Waals surface area contributed by atoms with Crippen molar-refractivity contribution in [3.8, 4) is 16.9 Å². The van der Waals surface area contributed by atoms with E-state index in [1.165, 1.54) is 0 Å². The Hall–Kier alpha value is -3.20.